The molecule has 1 aliphatic rings. The lowest BCUT2D eigenvalue weighted by Gasteiger charge is -2.33. The van der Waals surface area contributed by atoms with Crippen LogP contribution < -0.4 is 10.9 Å². The Hall–Kier alpha value is -3.97. The largest absolute Gasteiger partial charge is 0.444 e. The van der Waals surface area contributed by atoms with Crippen LogP contribution in [-0.2, 0) is 11.8 Å². The quantitative estimate of drug-likeness (QED) is 0.440. The Morgan fingerprint density at radius 3 is 2.58 bits per heavy atom. The van der Waals surface area contributed by atoms with Crippen LogP contribution in [0, 0.1) is 12.4 Å². The molecule has 1 saturated heterocycles. The molecule has 0 radical (unpaired) electrons. The van der Waals surface area contributed by atoms with Gasteiger partial charge < -0.3 is 19.5 Å². The summed E-state index contributed by atoms with van der Waals surface area (Å²) in [7, 11) is 1.64. The predicted molar refractivity (Wildman–Crippen MR) is 145 cm³/mol. The number of carbonyl (C=O) groups is 2. The van der Waals surface area contributed by atoms with Crippen LogP contribution in [0.15, 0.2) is 47.4 Å². The average Bonchev–Trinajstić information content (AvgIpc) is 3.29. The van der Waals surface area contributed by atoms with Crippen molar-refractivity contribution in [2.24, 2.45) is 7.05 Å². The Bertz CT molecular complexity index is 1480. The van der Waals surface area contributed by atoms with E-state index in [1.807, 2.05) is 0 Å². The van der Waals surface area contributed by atoms with Crippen molar-refractivity contribution in [2.75, 3.05) is 13.1 Å². The number of benzene rings is 1. The highest BCUT2D eigenvalue weighted by atomic mass is 32.1. The fraction of sp³-hybridized carbons (Fsp3) is 0.357. The Morgan fingerprint density at radius 1 is 1.18 bits per heavy atom. The smallest absolute Gasteiger partial charge is 0.407 e. The predicted octanol–water partition coefficient (Wildman–Crippen LogP) is 5.60. The van der Waals surface area contributed by atoms with E-state index in [1.54, 1.807) is 57.1 Å². The molecule has 2 aromatic heterocycles. The number of thiophene rings is 1. The first kappa shape index (κ1) is 27.1. The highest BCUT2D eigenvalue weighted by molar-refractivity contribution is 7.18. The van der Waals surface area contributed by atoms with Crippen molar-refractivity contribution in [3.8, 4) is 21.6 Å². The van der Waals surface area contributed by atoms with E-state index in [9.17, 15) is 18.8 Å². The van der Waals surface area contributed by atoms with Crippen molar-refractivity contribution in [1.82, 2.24) is 14.8 Å². The van der Waals surface area contributed by atoms with E-state index in [2.05, 4.69) is 10.2 Å². The molecule has 38 heavy (non-hydrogen) atoms. The fourth-order valence-electron chi connectivity index (χ4n) is 4.33. The number of pyridine rings is 1. The summed E-state index contributed by atoms with van der Waals surface area (Å²) in [5, 5.41) is 2.86. The first-order valence-corrected chi connectivity index (χ1v) is 13.0. The van der Waals surface area contributed by atoms with Crippen LogP contribution in [-0.4, -0.2) is 46.2 Å². The molecule has 0 unspecified atom stereocenters. The maximum atomic E-state index is 14.5. The van der Waals surface area contributed by atoms with Gasteiger partial charge in [0.25, 0.3) is 5.91 Å². The van der Waals surface area contributed by atoms with Gasteiger partial charge in [-0.25, -0.2) is 14.0 Å². The van der Waals surface area contributed by atoms with Crippen molar-refractivity contribution in [2.45, 2.75) is 45.3 Å². The highest BCUT2D eigenvalue weighted by Gasteiger charge is 2.29. The van der Waals surface area contributed by atoms with Crippen molar-refractivity contribution in [3.63, 3.8) is 0 Å². The van der Waals surface area contributed by atoms with Gasteiger partial charge in [-0.3, -0.25) is 9.59 Å². The van der Waals surface area contributed by atoms with Crippen LogP contribution in [0.1, 0.15) is 43.3 Å². The van der Waals surface area contributed by atoms with Crippen molar-refractivity contribution in [3.05, 3.63) is 75.1 Å². The number of nitrogens with one attached hydrogen (secondary N) is 1. The Morgan fingerprint density at radius 2 is 1.92 bits per heavy atom. The monoisotopic (exact) mass is 536 g/mol. The molecule has 1 N–H and O–H groups in total. The fourth-order valence-corrected chi connectivity index (χ4v) is 5.47. The third-order valence-electron chi connectivity index (χ3n) is 6.10. The summed E-state index contributed by atoms with van der Waals surface area (Å²) in [5.41, 5.74) is 0.994. The lowest BCUT2D eigenvalue weighted by atomic mass is 10.0. The normalized spacial score (nSPS) is 15.6. The minimum absolute atomic E-state index is 0.0826. The van der Waals surface area contributed by atoms with Gasteiger partial charge >= 0.3 is 6.09 Å². The van der Waals surface area contributed by atoms with Crippen molar-refractivity contribution < 1.29 is 18.7 Å². The van der Waals surface area contributed by atoms with Crippen LogP contribution in [0.3, 0.4) is 0 Å². The van der Waals surface area contributed by atoms with Crippen molar-refractivity contribution >= 4 is 29.0 Å². The molecule has 3 aromatic rings. The van der Waals surface area contributed by atoms with Gasteiger partial charge in [0.1, 0.15) is 11.4 Å². The molecule has 10 heteroatoms. The zero-order valence-electron chi connectivity index (χ0n) is 21.7. The number of nitrogens with zero attached hydrogens (tertiary/aromatic N) is 3. The molecule has 8 nitrogen and oxygen atoms in total. The molecule has 1 aliphatic heterocycles. The number of alkyl carbamates (subject to hydrolysis) is 1. The molecule has 4 rings (SSSR count). The Kier molecular flexibility index (Phi) is 7.69. The van der Waals surface area contributed by atoms with Gasteiger partial charge in [0.15, 0.2) is 0 Å². The number of likely N-dealkylation sites (tertiary alicyclic amines) is 1. The van der Waals surface area contributed by atoms with E-state index in [0.29, 0.717) is 39.5 Å². The molecule has 2 amide bonds. The number of hydrogen-bond acceptors (Lipinski definition) is 5. The van der Waals surface area contributed by atoms with Gasteiger partial charge in [0.2, 0.25) is 11.2 Å². The summed E-state index contributed by atoms with van der Waals surface area (Å²) in [6.07, 6.45) is 2.62. The van der Waals surface area contributed by atoms with Gasteiger partial charge in [0, 0.05) is 54.4 Å². The molecule has 1 fully saturated rings. The van der Waals surface area contributed by atoms with E-state index in [0.717, 1.165) is 12.8 Å². The van der Waals surface area contributed by atoms with E-state index in [1.165, 1.54) is 34.1 Å². The molecular weight excluding hydrogens is 507 g/mol. The Balaban J connectivity index is 1.66. The third-order valence-corrected chi connectivity index (χ3v) is 7.27. The van der Waals surface area contributed by atoms with E-state index >= 15 is 0 Å². The standard InChI is InChI=1S/C28H29FN4O4S/c1-28(2,3)37-27(36)31-19-7-6-12-33(16-19)26(35)23-14-20(17-8-10-22(30-4)21(29)13-17)25(38-23)18-9-11-24(34)32(5)15-18/h8-11,13-15,19H,6-7,12,16H2,1-3,5H3,(H,31,36)/t19-/m1/s1. The van der Waals surface area contributed by atoms with E-state index in [4.69, 9.17) is 11.3 Å². The first-order chi connectivity index (χ1) is 17.9. The second kappa shape index (κ2) is 10.8. The molecule has 0 aliphatic carbocycles. The molecule has 0 spiro atoms. The molecule has 198 valence electrons. The van der Waals surface area contributed by atoms with E-state index < -0.39 is 17.5 Å². The second-order valence-electron chi connectivity index (χ2n) is 10.2. The number of piperidine rings is 1. The third kappa shape index (κ3) is 6.11. The molecule has 0 saturated carbocycles. The first-order valence-electron chi connectivity index (χ1n) is 12.2. The van der Waals surface area contributed by atoms with Crippen LogP contribution >= 0.6 is 11.3 Å². The molecule has 0 bridgehead atoms. The summed E-state index contributed by atoms with van der Waals surface area (Å²) in [5.74, 6) is -0.837. The number of rotatable bonds is 4. The number of carbonyl (C=O) groups excluding carboxylic acids is 2. The summed E-state index contributed by atoms with van der Waals surface area (Å²) in [6, 6.07) is 8.97. The Labute approximate surface area is 224 Å². The van der Waals surface area contributed by atoms with Gasteiger partial charge in [-0.2, -0.15) is 0 Å². The van der Waals surface area contributed by atoms with Gasteiger partial charge in [-0.15, -0.1) is 11.3 Å². The number of aromatic nitrogens is 1. The zero-order valence-corrected chi connectivity index (χ0v) is 22.5. The summed E-state index contributed by atoms with van der Waals surface area (Å²) in [4.78, 5) is 43.9. The number of aryl methyl sites for hydroxylation is 1. The second-order valence-corrected chi connectivity index (χ2v) is 11.3. The summed E-state index contributed by atoms with van der Waals surface area (Å²) in [6.45, 7) is 13.4. The minimum atomic E-state index is -0.643. The van der Waals surface area contributed by atoms with Crippen molar-refractivity contribution in [1.29, 1.82) is 0 Å². The van der Waals surface area contributed by atoms with Gasteiger partial charge in [-0.1, -0.05) is 12.1 Å². The number of hydrogen-bond donors (Lipinski definition) is 1. The van der Waals surface area contributed by atoms with Gasteiger partial charge in [-0.05, 0) is 57.4 Å². The molecule has 1 aromatic carbocycles. The SMILES string of the molecule is [C-]#[N+]c1ccc(-c2cc(C(=O)N3CCC[C@@H](NC(=O)OC(C)(C)C)C3)sc2-c2ccc(=O)n(C)c2)cc1F. The summed E-state index contributed by atoms with van der Waals surface area (Å²) < 4.78 is 21.3. The lowest BCUT2D eigenvalue weighted by Crippen LogP contribution is -2.50. The van der Waals surface area contributed by atoms with Crippen LogP contribution in [0.4, 0.5) is 14.9 Å². The maximum absolute atomic E-state index is 14.5. The number of ether oxygens (including phenoxy) is 1. The lowest BCUT2D eigenvalue weighted by molar-refractivity contribution is 0.0453. The maximum Gasteiger partial charge on any atom is 0.407 e. The topological polar surface area (TPSA) is 85.0 Å². The number of halogens is 1. The minimum Gasteiger partial charge on any atom is -0.444 e. The molecular formula is C28H29FN4O4S. The summed E-state index contributed by atoms with van der Waals surface area (Å²) >= 11 is 1.26. The zero-order chi connectivity index (χ0) is 27.6. The van der Waals surface area contributed by atoms with Crippen LogP contribution in [0.25, 0.3) is 26.4 Å². The number of amides is 2. The van der Waals surface area contributed by atoms with Gasteiger partial charge in [0.05, 0.1) is 11.4 Å². The van der Waals surface area contributed by atoms with E-state index in [-0.39, 0.29) is 23.2 Å². The molecule has 3 heterocycles. The van der Waals surface area contributed by atoms with Crippen LogP contribution in [0.5, 0.6) is 0 Å². The van der Waals surface area contributed by atoms with Crippen LogP contribution in [0.2, 0.25) is 0 Å². The highest BCUT2D eigenvalue weighted by Crippen LogP contribution is 2.40. The average molecular weight is 537 g/mol. The molecule has 1 atom stereocenters.